The van der Waals surface area contributed by atoms with Gasteiger partial charge < -0.3 is 10.1 Å². The summed E-state index contributed by atoms with van der Waals surface area (Å²) in [6, 6.07) is 17.0. The molecule has 0 bridgehead atoms. The van der Waals surface area contributed by atoms with Gasteiger partial charge in [0.05, 0.1) is 18.4 Å². The van der Waals surface area contributed by atoms with Gasteiger partial charge in [0.2, 0.25) is 0 Å². The van der Waals surface area contributed by atoms with Crippen LogP contribution in [-0.4, -0.2) is 21.4 Å². The van der Waals surface area contributed by atoms with Gasteiger partial charge in [-0.3, -0.25) is 9.52 Å². The van der Waals surface area contributed by atoms with Crippen molar-refractivity contribution in [1.82, 2.24) is 5.32 Å². The summed E-state index contributed by atoms with van der Waals surface area (Å²) in [7, 11) is -2.17. The molecule has 0 radical (unpaired) electrons. The third-order valence-corrected chi connectivity index (χ3v) is 6.57. The van der Waals surface area contributed by atoms with Gasteiger partial charge in [0.15, 0.2) is 0 Å². The van der Waals surface area contributed by atoms with Crippen LogP contribution in [0.5, 0.6) is 5.75 Å². The molecule has 3 rings (SSSR count). The second-order valence-corrected chi connectivity index (χ2v) is 8.43. The summed E-state index contributed by atoms with van der Waals surface area (Å²) >= 11 is 1.11. The number of carbonyl (C=O) groups excluding carboxylic acids is 1. The maximum Gasteiger partial charge on any atom is 0.271 e. The summed E-state index contributed by atoms with van der Waals surface area (Å²) in [5.41, 5.74) is 1.29. The number of amides is 1. The van der Waals surface area contributed by atoms with E-state index in [1.165, 1.54) is 6.07 Å². The number of para-hydroxylation sites is 2. The third-order valence-electron chi connectivity index (χ3n) is 3.81. The molecular formula is C19H18N2O4S2. The first-order valence-corrected chi connectivity index (χ1v) is 10.4. The average molecular weight is 402 g/mol. The van der Waals surface area contributed by atoms with Crippen LogP contribution < -0.4 is 14.8 Å². The molecule has 0 fully saturated rings. The van der Waals surface area contributed by atoms with Crippen LogP contribution in [0.25, 0.3) is 0 Å². The number of rotatable bonds is 7. The Morgan fingerprint density at radius 1 is 1.04 bits per heavy atom. The highest BCUT2D eigenvalue weighted by Crippen LogP contribution is 2.23. The zero-order valence-corrected chi connectivity index (χ0v) is 16.1. The van der Waals surface area contributed by atoms with E-state index >= 15 is 0 Å². The summed E-state index contributed by atoms with van der Waals surface area (Å²) in [6.07, 6.45) is 0. The van der Waals surface area contributed by atoms with Crippen LogP contribution in [0.4, 0.5) is 5.69 Å². The minimum Gasteiger partial charge on any atom is -0.496 e. The largest absolute Gasteiger partial charge is 0.496 e. The standard InChI is InChI=1S/C19H18N2O4S2/c1-25-17-10-5-2-7-14(17)13-20-19(22)15-8-3-4-9-16(15)21-27(23,24)18-11-6-12-26-18/h2-12,21H,13H2,1H3,(H,20,22). The highest BCUT2D eigenvalue weighted by molar-refractivity contribution is 7.94. The lowest BCUT2D eigenvalue weighted by atomic mass is 10.1. The molecule has 6 nitrogen and oxygen atoms in total. The Hall–Kier alpha value is -2.84. The van der Waals surface area contributed by atoms with Crippen LogP contribution in [0.3, 0.4) is 0 Å². The van der Waals surface area contributed by atoms with Gasteiger partial charge in [0.25, 0.3) is 15.9 Å². The Balaban J connectivity index is 1.78. The van der Waals surface area contributed by atoms with E-state index in [2.05, 4.69) is 10.0 Å². The smallest absolute Gasteiger partial charge is 0.271 e. The van der Waals surface area contributed by atoms with Gasteiger partial charge in [-0.2, -0.15) is 0 Å². The van der Waals surface area contributed by atoms with Crippen molar-refractivity contribution in [3.8, 4) is 5.75 Å². The van der Waals surface area contributed by atoms with E-state index in [0.29, 0.717) is 5.75 Å². The minimum absolute atomic E-state index is 0.187. The minimum atomic E-state index is -3.74. The van der Waals surface area contributed by atoms with E-state index in [1.807, 2.05) is 24.3 Å². The number of nitrogens with one attached hydrogen (secondary N) is 2. The topological polar surface area (TPSA) is 84.5 Å². The fraction of sp³-hybridized carbons (Fsp3) is 0.105. The van der Waals surface area contributed by atoms with Gasteiger partial charge in [-0.15, -0.1) is 11.3 Å². The maximum atomic E-state index is 12.6. The number of carbonyl (C=O) groups is 1. The van der Waals surface area contributed by atoms with E-state index in [-0.39, 0.29) is 27.9 Å². The van der Waals surface area contributed by atoms with Gasteiger partial charge in [0, 0.05) is 12.1 Å². The number of methoxy groups -OCH3 is 1. The molecule has 3 aromatic rings. The first-order chi connectivity index (χ1) is 13.0. The molecule has 1 heterocycles. The van der Waals surface area contributed by atoms with Gasteiger partial charge >= 0.3 is 0 Å². The van der Waals surface area contributed by atoms with Crippen LogP contribution in [0.2, 0.25) is 0 Å². The SMILES string of the molecule is COc1ccccc1CNC(=O)c1ccccc1NS(=O)(=O)c1cccs1. The highest BCUT2D eigenvalue weighted by Gasteiger charge is 2.19. The molecule has 0 atom stereocenters. The van der Waals surface area contributed by atoms with Crippen LogP contribution in [0.1, 0.15) is 15.9 Å². The second kappa shape index (κ2) is 8.24. The van der Waals surface area contributed by atoms with E-state index < -0.39 is 10.0 Å². The van der Waals surface area contributed by atoms with Crippen LogP contribution in [0, 0.1) is 0 Å². The lowest BCUT2D eigenvalue weighted by Crippen LogP contribution is -2.25. The Bertz CT molecular complexity index is 1030. The van der Waals surface area contributed by atoms with E-state index in [0.717, 1.165) is 16.9 Å². The molecule has 2 aromatic carbocycles. The van der Waals surface area contributed by atoms with E-state index in [9.17, 15) is 13.2 Å². The van der Waals surface area contributed by atoms with Crippen LogP contribution in [-0.2, 0) is 16.6 Å². The summed E-state index contributed by atoms with van der Waals surface area (Å²) in [6.45, 7) is 0.259. The number of thiophene rings is 1. The van der Waals surface area contributed by atoms with Crippen molar-refractivity contribution in [2.24, 2.45) is 0 Å². The summed E-state index contributed by atoms with van der Waals surface area (Å²) in [5, 5.41) is 4.48. The number of ether oxygens (including phenoxy) is 1. The third kappa shape index (κ3) is 4.47. The van der Waals surface area contributed by atoms with Gasteiger partial charge in [-0.05, 0) is 29.6 Å². The highest BCUT2D eigenvalue weighted by atomic mass is 32.2. The molecule has 2 N–H and O–H groups in total. The molecule has 0 unspecified atom stereocenters. The van der Waals surface area contributed by atoms with Gasteiger partial charge in [-0.25, -0.2) is 8.42 Å². The quantitative estimate of drug-likeness (QED) is 0.634. The first-order valence-electron chi connectivity index (χ1n) is 8.07. The number of hydrogen-bond donors (Lipinski definition) is 2. The number of benzene rings is 2. The molecule has 0 aliphatic carbocycles. The first kappa shape index (κ1) is 18.9. The van der Waals surface area contributed by atoms with Crippen molar-refractivity contribution in [3.05, 3.63) is 77.2 Å². The molecule has 0 aliphatic heterocycles. The lowest BCUT2D eigenvalue weighted by molar-refractivity contribution is 0.0951. The molecule has 0 saturated heterocycles. The van der Waals surface area contributed by atoms with E-state index in [4.69, 9.17) is 4.74 Å². The fourth-order valence-electron chi connectivity index (χ4n) is 2.50. The van der Waals surface area contributed by atoms with Crippen molar-refractivity contribution >= 4 is 33.0 Å². The van der Waals surface area contributed by atoms with Crippen molar-refractivity contribution in [1.29, 1.82) is 0 Å². The van der Waals surface area contributed by atoms with Gasteiger partial charge in [0.1, 0.15) is 9.96 Å². The molecule has 0 spiro atoms. The lowest BCUT2D eigenvalue weighted by Gasteiger charge is -2.13. The van der Waals surface area contributed by atoms with Crippen LogP contribution >= 0.6 is 11.3 Å². The molecule has 140 valence electrons. The predicted molar refractivity (Wildman–Crippen MR) is 106 cm³/mol. The van der Waals surface area contributed by atoms with Crippen molar-refractivity contribution in [2.75, 3.05) is 11.8 Å². The van der Waals surface area contributed by atoms with Gasteiger partial charge in [-0.1, -0.05) is 36.4 Å². The Morgan fingerprint density at radius 2 is 1.78 bits per heavy atom. The van der Waals surface area contributed by atoms with Crippen molar-refractivity contribution < 1.29 is 17.9 Å². The Kier molecular flexibility index (Phi) is 5.78. The molecule has 0 aliphatic rings. The van der Waals surface area contributed by atoms with Crippen molar-refractivity contribution in [2.45, 2.75) is 10.8 Å². The number of sulfonamides is 1. The maximum absolute atomic E-state index is 12.6. The predicted octanol–water partition coefficient (Wildman–Crippen LogP) is 3.49. The second-order valence-electron chi connectivity index (χ2n) is 5.58. The normalized spacial score (nSPS) is 11.0. The van der Waals surface area contributed by atoms with E-state index in [1.54, 1.807) is 42.8 Å². The molecule has 27 heavy (non-hydrogen) atoms. The Morgan fingerprint density at radius 3 is 2.52 bits per heavy atom. The molecule has 1 aromatic heterocycles. The summed E-state index contributed by atoms with van der Waals surface area (Å²) < 4.78 is 32.9. The zero-order chi connectivity index (χ0) is 19.3. The monoisotopic (exact) mass is 402 g/mol. The molecule has 8 heteroatoms. The molecule has 0 saturated carbocycles. The molecule has 1 amide bonds. The summed E-state index contributed by atoms with van der Waals surface area (Å²) in [5.74, 6) is 0.287. The zero-order valence-electron chi connectivity index (χ0n) is 14.5. The number of anilines is 1. The average Bonchev–Trinajstić information content (AvgIpc) is 3.22. The Labute approximate surface area is 161 Å². The fourth-order valence-corrected chi connectivity index (χ4v) is 4.57. The molecular weight excluding hydrogens is 384 g/mol. The van der Waals surface area contributed by atoms with Crippen molar-refractivity contribution in [3.63, 3.8) is 0 Å². The van der Waals surface area contributed by atoms with Crippen LogP contribution in [0.15, 0.2) is 70.3 Å². The summed E-state index contributed by atoms with van der Waals surface area (Å²) in [4.78, 5) is 12.6. The number of hydrogen-bond acceptors (Lipinski definition) is 5.